The lowest BCUT2D eigenvalue weighted by molar-refractivity contribution is 0.669. The number of furan rings is 1. The predicted molar refractivity (Wildman–Crippen MR) is 207 cm³/mol. The number of aromatic nitrogens is 5. The van der Waals surface area contributed by atoms with Crippen LogP contribution in [-0.4, -0.2) is 24.9 Å². The van der Waals surface area contributed by atoms with Crippen molar-refractivity contribution in [2.75, 3.05) is 0 Å². The van der Waals surface area contributed by atoms with Crippen molar-refractivity contribution in [1.82, 2.24) is 24.9 Å². The number of hydrogen-bond acceptors (Lipinski definition) is 8. The molecule has 0 atom stereocenters. The van der Waals surface area contributed by atoms with E-state index in [1.54, 1.807) is 17.4 Å². The Kier molecular flexibility index (Phi) is 6.91. The summed E-state index contributed by atoms with van der Waals surface area (Å²) in [5.74, 6) is 2.31. The number of benzene rings is 6. The van der Waals surface area contributed by atoms with Gasteiger partial charge in [0.15, 0.2) is 23.3 Å². The van der Waals surface area contributed by atoms with Gasteiger partial charge < -0.3 is 4.42 Å². The van der Waals surface area contributed by atoms with E-state index in [2.05, 4.69) is 24.3 Å². The molecule has 52 heavy (non-hydrogen) atoms. The fraction of sp³-hybridized carbons (Fsp3) is 0. The number of hydrogen-bond donors (Lipinski definition) is 0. The van der Waals surface area contributed by atoms with Crippen molar-refractivity contribution in [2.24, 2.45) is 0 Å². The van der Waals surface area contributed by atoms with Crippen LogP contribution in [0, 0.1) is 11.3 Å². The van der Waals surface area contributed by atoms with Gasteiger partial charge in [0.05, 0.1) is 27.5 Å². The SMILES string of the molecule is N#Cc1cccc(-c2nc(-c3ccc4oc5cccc(-c6nc(-c7ccccc7)nc(-c7ccccc7)n6)c5c4c3)nc3c2sc2ccccc23)c1. The average molecular weight is 685 g/mol. The van der Waals surface area contributed by atoms with Crippen molar-refractivity contribution in [3.8, 4) is 62.9 Å². The van der Waals surface area contributed by atoms with Crippen LogP contribution in [0.3, 0.4) is 0 Å². The molecule has 6 aromatic carbocycles. The molecule has 0 saturated carbocycles. The lowest BCUT2D eigenvalue weighted by Gasteiger charge is -2.09. The highest BCUT2D eigenvalue weighted by atomic mass is 32.1. The molecule has 0 aliphatic carbocycles. The molecule has 0 aliphatic heterocycles. The van der Waals surface area contributed by atoms with E-state index >= 15 is 0 Å². The fourth-order valence-corrected chi connectivity index (χ4v) is 7.89. The van der Waals surface area contributed by atoms with Gasteiger partial charge in [-0.2, -0.15) is 5.26 Å². The summed E-state index contributed by atoms with van der Waals surface area (Å²) in [7, 11) is 0. The highest BCUT2D eigenvalue weighted by Gasteiger charge is 2.21. The third-order valence-corrected chi connectivity index (χ3v) is 10.3. The first kappa shape index (κ1) is 29.8. The molecule has 4 heterocycles. The van der Waals surface area contributed by atoms with Gasteiger partial charge in [0.2, 0.25) is 0 Å². The maximum absolute atomic E-state index is 9.69. The van der Waals surface area contributed by atoms with Gasteiger partial charge in [-0.1, -0.05) is 103 Å². The maximum Gasteiger partial charge on any atom is 0.164 e. The Morgan fingerprint density at radius 1 is 0.500 bits per heavy atom. The molecule has 0 N–H and O–H groups in total. The summed E-state index contributed by atoms with van der Waals surface area (Å²) in [6, 6.07) is 50.1. The Hall–Kier alpha value is -7.08. The zero-order chi connectivity index (χ0) is 34.6. The molecule has 242 valence electrons. The summed E-state index contributed by atoms with van der Waals surface area (Å²) >= 11 is 1.66. The molecular weight excluding hydrogens is 661 g/mol. The molecule has 0 saturated heterocycles. The molecule has 0 bridgehead atoms. The van der Waals surface area contributed by atoms with Crippen LogP contribution in [0.15, 0.2) is 150 Å². The van der Waals surface area contributed by atoms with Crippen molar-refractivity contribution in [3.05, 3.63) is 151 Å². The molecule has 0 spiro atoms. The Balaban J connectivity index is 1.20. The fourth-order valence-electron chi connectivity index (χ4n) is 6.73. The van der Waals surface area contributed by atoms with Crippen LogP contribution >= 0.6 is 11.3 Å². The first-order valence-electron chi connectivity index (χ1n) is 16.7. The Morgan fingerprint density at radius 3 is 1.94 bits per heavy atom. The smallest absolute Gasteiger partial charge is 0.164 e. The Labute approximate surface area is 301 Å². The zero-order valence-electron chi connectivity index (χ0n) is 27.4. The van der Waals surface area contributed by atoms with Crippen molar-refractivity contribution in [3.63, 3.8) is 0 Å². The normalized spacial score (nSPS) is 11.4. The van der Waals surface area contributed by atoms with E-state index in [4.69, 9.17) is 29.3 Å². The van der Waals surface area contributed by atoms with E-state index in [-0.39, 0.29) is 0 Å². The van der Waals surface area contributed by atoms with E-state index in [9.17, 15) is 5.26 Å². The van der Waals surface area contributed by atoms with Gasteiger partial charge in [-0.3, -0.25) is 0 Å². The Bertz CT molecular complexity index is 2980. The topological polar surface area (TPSA) is 101 Å². The summed E-state index contributed by atoms with van der Waals surface area (Å²) in [5.41, 5.74) is 8.06. The van der Waals surface area contributed by atoms with E-state index in [0.29, 0.717) is 28.9 Å². The molecule has 10 aromatic rings. The van der Waals surface area contributed by atoms with Gasteiger partial charge in [0.1, 0.15) is 11.2 Å². The average Bonchev–Trinajstić information content (AvgIpc) is 3.79. The number of fused-ring (bicyclic) bond motifs is 6. The summed E-state index contributed by atoms with van der Waals surface area (Å²) in [4.78, 5) is 25.3. The van der Waals surface area contributed by atoms with Gasteiger partial charge in [-0.15, -0.1) is 11.3 Å². The highest BCUT2D eigenvalue weighted by Crippen LogP contribution is 2.41. The summed E-state index contributed by atoms with van der Waals surface area (Å²) in [6.45, 7) is 0. The van der Waals surface area contributed by atoms with E-state index in [1.807, 2.05) is 121 Å². The molecule has 8 heteroatoms. The largest absolute Gasteiger partial charge is 0.456 e. The minimum Gasteiger partial charge on any atom is -0.456 e. The zero-order valence-corrected chi connectivity index (χ0v) is 28.2. The molecule has 4 aromatic heterocycles. The van der Waals surface area contributed by atoms with Crippen LogP contribution in [0.4, 0.5) is 0 Å². The van der Waals surface area contributed by atoms with Crippen LogP contribution in [0.2, 0.25) is 0 Å². The third kappa shape index (κ3) is 4.99. The lowest BCUT2D eigenvalue weighted by Crippen LogP contribution is -2.00. The Morgan fingerprint density at radius 2 is 1.17 bits per heavy atom. The van der Waals surface area contributed by atoms with Gasteiger partial charge in [0.25, 0.3) is 0 Å². The molecular formula is C44H24N6OS. The van der Waals surface area contributed by atoms with Gasteiger partial charge in [-0.25, -0.2) is 24.9 Å². The second-order valence-corrected chi connectivity index (χ2v) is 13.4. The molecule has 0 aliphatic rings. The van der Waals surface area contributed by atoms with E-state index < -0.39 is 0 Å². The summed E-state index contributed by atoms with van der Waals surface area (Å²) in [5, 5.41) is 12.6. The summed E-state index contributed by atoms with van der Waals surface area (Å²) in [6.07, 6.45) is 0. The first-order chi connectivity index (χ1) is 25.7. The van der Waals surface area contributed by atoms with Crippen molar-refractivity contribution < 1.29 is 4.42 Å². The van der Waals surface area contributed by atoms with Crippen LogP contribution in [0.1, 0.15) is 5.56 Å². The molecule has 10 rings (SSSR count). The maximum atomic E-state index is 9.69. The standard InChI is InChI=1S/C44H24N6OS/c45-25-26-11-9-16-29(23-26)38-40-39(31-17-7-8-20-36(31)52-40)47-43(46-38)30-21-22-34-33(24-30)37-32(18-10-19-35(37)51-34)44-49-41(27-12-3-1-4-13-27)48-42(50-44)28-14-5-2-6-15-28/h1-24H. The number of nitrogens with zero attached hydrogens (tertiary/aromatic N) is 6. The van der Waals surface area contributed by atoms with Gasteiger partial charge >= 0.3 is 0 Å². The van der Waals surface area contributed by atoms with Crippen LogP contribution in [0.5, 0.6) is 0 Å². The highest BCUT2D eigenvalue weighted by molar-refractivity contribution is 7.26. The monoisotopic (exact) mass is 684 g/mol. The van der Waals surface area contributed by atoms with Crippen molar-refractivity contribution in [2.45, 2.75) is 0 Å². The third-order valence-electron chi connectivity index (χ3n) is 9.18. The van der Waals surface area contributed by atoms with Crippen LogP contribution in [-0.2, 0) is 0 Å². The van der Waals surface area contributed by atoms with Crippen molar-refractivity contribution >= 4 is 53.6 Å². The molecule has 7 nitrogen and oxygen atoms in total. The molecule has 0 unspecified atom stereocenters. The number of rotatable bonds is 5. The number of thiophene rings is 1. The molecule has 0 radical (unpaired) electrons. The lowest BCUT2D eigenvalue weighted by atomic mass is 10.0. The predicted octanol–water partition coefficient (Wildman–Crippen LogP) is 11.1. The van der Waals surface area contributed by atoms with Gasteiger partial charge in [0, 0.05) is 48.7 Å². The molecule has 0 fully saturated rings. The second-order valence-electron chi connectivity index (χ2n) is 12.4. The first-order valence-corrected chi connectivity index (χ1v) is 17.5. The minimum absolute atomic E-state index is 0.550. The van der Waals surface area contributed by atoms with Crippen molar-refractivity contribution in [1.29, 1.82) is 5.26 Å². The molecule has 0 amide bonds. The van der Waals surface area contributed by atoms with E-state index in [0.717, 1.165) is 75.8 Å². The quantitative estimate of drug-likeness (QED) is 0.178. The van der Waals surface area contributed by atoms with Crippen LogP contribution in [0.25, 0.3) is 99.1 Å². The minimum atomic E-state index is 0.550. The van der Waals surface area contributed by atoms with Crippen LogP contribution < -0.4 is 0 Å². The number of nitriles is 1. The second kappa shape index (κ2) is 12.1. The van der Waals surface area contributed by atoms with E-state index in [1.165, 1.54) is 0 Å². The summed E-state index contributed by atoms with van der Waals surface area (Å²) < 4.78 is 8.54. The van der Waals surface area contributed by atoms with Gasteiger partial charge in [-0.05, 0) is 42.5 Å².